The number of alkyl halides is 1. The van der Waals surface area contributed by atoms with Crippen molar-refractivity contribution in [3.05, 3.63) is 34.5 Å². The molecule has 0 bridgehead atoms. The third kappa shape index (κ3) is 1.52. The molecule has 0 saturated carbocycles. The molecular weight excluding hydrogens is 282 g/mol. The van der Waals surface area contributed by atoms with Gasteiger partial charge in [-0.1, -0.05) is 44.0 Å². The van der Waals surface area contributed by atoms with Crippen molar-refractivity contribution in [1.29, 1.82) is 0 Å². The summed E-state index contributed by atoms with van der Waals surface area (Å²) >= 11 is 7.15. The lowest BCUT2D eigenvalue weighted by Crippen LogP contribution is -2.34. The Labute approximate surface area is 88.9 Å². The van der Waals surface area contributed by atoms with Crippen molar-refractivity contribution >= 4 is 31.9 Å². The fourth-order valence-corrected chi connectivity index (χ4v) is 3.26. The first-order valence-electron chi connectivity index (χ1n) is 3.90. The summed E-state index contributed by atoms with van der Waals surface area (Å²) < 4.78 is 1.27. The topological polar surface area (TPSA) is 12.0 Å². The average molecular weight is 291 g/mol. The summed E-state index contributed by atoms with van der Waals surface area (Å²) in [4.78, 5) is 0.378. The van der Waals surface area contributed by atoms with E-state index in [2.05, 4.69) is 49.3 Å². The number of dihydropyridines is 1. The summed E-state index contributed by atoms with van der Waals surface area (Å²) in [5.74, 6) is 0. The molecule has 0 aromatic heterocycles. The van der Waals surface area contributed by atoms with Gasteiger partial charge in [0, 0.05) is 6.42 Å². The average Bonchev–Trinajstić information content (AvgIpc) is 2.04. The molecule has 0 radical (unpaired) electrons. The Morgan fingerprint density at radius 1 is 1.50 bits per heavy atom. The number of allylic oxidation sites excluding steroid dienone is 3. The number of halogens is 2. The molecule has 2 rings (SSSR count). The van der Waals surface area contributed by atoms with Crippen LogP contribution in [0.25, 0.3) is 0 Å². The van der Waals surface area contributed by atoms with Crippen molar-refractivity contribution in [3.63, 3.8) is 0 Å². The molecule has 1 N–H and O–H groups in total. The van der Waals surface area contributed by atoms with E-state index in [0.29, 0.717) is 10.9 Å². The van der Waals surface area contributed by atoms with Crippen LogP contribution >= 0.6 is 31.9 Å². The van der Waals surface area contributed by atoms with Gasteiger partial charge in [-0.3, -0.25) is 0 Å². The molecule has 2 aliphatic rings. The molecule has 64 valence electrons. The Morgan fingerprint density at radius 3 is 3.17 bits per heavy atom. The van der Waals surface area contributed by atoms with Crippen LogP contribution in [0.3, 0.4) is 0 Å². The molecule has 0 amide bonds. The number of hydrogen-bond acceptors (Lipinski definition) is 1. The molecule has 12 heavy (non-hydrogen) atoms. The minimum Gasteiger partial charge on any atom is -0.384 e. The standard InChI is InChI=1S/C9H9Br2N/c10-6-4-8(11)7-2-1-3-12-9(7)5-6/h1-4,8-9,12H,5H2. The number of fused-ring (bicyclic) bond motifs is 1. The highest BCUT2D eigenvalue weighted by atomic mass is 79.9. The Morgan fingerprint density at radius 2 is 2.33 bits per heavy atom. The van der Waals surface area contributed by atoms with Crippen LogP contribution in [0.15, 0.2) is 34.5 Å². The van der Waals surface area contributed by atoms with Crippen molar-refractivity contribution in [1.82, 2.24) is 5.32 Å². The van der Waals surface area contributed by atoms with E-state index in [1.54, 1.807) is 0 Å². The van der Waals surface area contributed by atoms with Crippen LogP contribution in [0.1, 0.15) is 6.42 Å². The smallest absolute Gasteiger partial charge is 0.0568 e. The molecule has 0 spiro atoms. The highest BCUT2D eigenvalue weighted by Gasteiger charge is 2.24. The summed E-state index contributed by atoms with van der Waals surface area (Å²) in [7, 11) is 0. The van der Waals surface area contributed by atoms with Gasteiger partial charge in [0.25, 0.3) is 0 Å². The van der Waals surface area contributed by atoms with Gasteiger partial charge >= 0.3 is 0 Å². The van der Waals surface area contributed by atoms with E-state index in [-0.39, 0.29) is 0 Å². The van der Waals surface area contributed by atoms with Crippen molar-refractivity contribution in [2.75, 3.05) is 0 Å². The Balaban J connectivity index is 2.30. The molecule has 1 heterocycles. The molecule has 1 aliphatic heterocycles. The SMILES string of the molecule is BrC1=CC(Br)C2=CC=CNC2C1. The highest BCUT2D eigenvalue weighted by Crippen LogP contribution is 2.32. The van der Waals surface area contributed by atoms with Gasteiger partial charge in [0.1, 0.15) is 0 Å². The minimum absolute atomic E-state index is 0.378. The third-order valence-electron chi connectivity index (χ3n) is 2.13. The van der Waals surface area contributed by atoms with Gasteiger partial charge < -0.3 is 5.32 Å². The zero-order chi connectivity index (χ0) is 8.55. The van der Waals surface area contributed by atoms with Crippen molar-refractivity contribution < 1.29 is 0 Å². The van der Waals surface area contributed by atoms with Crippen LogP contribution in [-0.4, -0.2) is 10.9 Å². The van der Waals surface area contributed by atoms with Gasteiger partial charge in [-0.05, 0) is 22.3 Å². The molecule has 1 nitrogen and oxygen atoms in total. The molecular formula is C9H9Br2N. The molecule has 0 saturated heterocycles. The molecule has 0 aromatic carbocycles. The van der Waals surface area contributed by atoms with Crippen molar-refractivity contribution in [2.24, 2.45) is 0 Å². The van der Waals surface area contributed by atoms with E-state index in [1.165, 1.54) is 10.1 Å². The second-order valence-electron chi connectivity index (χ2n) is 2.96. The van der Waals surface area contributed by atoms with E-state index < -0.39 is 0 Å². The molecule has 2 atom stereocenters. The predicted molar refractivity (Wildman–Crippen MR) is 58.5 cm³/mol. The largest absolute Gasteiger partial charge is 0.384 e. The Bertz CT molecular complexity index is 278. The van der Waals surface area contributed by atoms with Gasteiger partial charge in [0.05, 0.1) is 10.9 Å². The van der Waals surface area contributed by atoms with Crippen LogP contribution in [0, 0.1) is 0 Å². The lowest BCUT2D eigenvalue weighted by atomic mass is 9.93. The number of rotatable bonds is 0. The quantitative estimate of drug-likeness (QED) is 0.677. The van der Waals surface area contributed by atoms with Crippen LogP contribution in [0.5, 0.6) is 0 Å². The summed E-state index contributed by atoms with van der Waals surface area (Å²) in [5, 5.41) is 3.33. The maximum atomic E-state index is 3.62. The highest BCUT2D eigenvalue weighted by molar-refractivity contribution is 9.12. The molecule has 2 unspecified atom stereocenters. The zero-order valence-electron chi connectivity index (χ0n) is 6.43. The fourth-order valence-electron chi connectivity index (χ4n) is 1.52. The normalized spacial score (nSPS) is 33.2. The number of hydrogen-bond donors (Lipinski definition) is 1. The van der Waals surface area contributed by atoms with Crippen LogP contribution in [0.4, 0.5) is 0 Å². The Kier molecular flexibility index (Phi) is 2.42. The van der Waals surface area contributed by atoms with Gasteiger partial charge in [-0.15, -0.1) is 0 Å². The van der Waals surface area contributed by atoms with Crippen LogP contribution in [0.2, 0.25) is 0 Å². The lowest BCUT2D eigenvalue weighted by Gasteiger charge is -2.29. The summed E-state index contributed by atoms with van der Waals surface area (Å²) in [6, 6.07) is 0.471. The van der Waals surface area contributed by atoms with Crippen molar-refractivity contribution in [2.45, 2.75) is 17.3 Å². The van der Waals surface area contributed by atoms with Crippen molar-refractivity contribution in [3.8, 4) is 0 Å². The van der Waals surface area contributed by atoms with Gasteiger partial charge in [0.15, 0.2) is 0 Å². The summed E-state index contributed by atoms with van der Waals surface area (Å²) in [5.41, 5.74) is 1.42. The predicted octanol–water partition coefficient (Wildman–Crippen LogP) is 2.84. The lowest BCUT2D eigenvalue weighted by molar-refractivity contribution is 0.640. The first-order chi connectivity index (χ1) is 5.77. The molecule has 3 heteroatoms. The number of nitrogens with one attached hydrogen (secondary N) is 1. The maximum Gasteiger partial charge on any atom is 0.0568 e. The van der Waals surface area contributed by atoms with E-state index in [9.17, 15) is 0 Å². The van der Waals surface area contributed by atoms with Gasteiger partial charge in [0.2, 0.25) is 0 Å². The molecule has 0 aromatic rings. The van der Waals surface area contributed by atoms with Gasteiger partial charge in [-0.2, -0.15) is 0 Å². The van der Waals surface area contributed by atoms with E-state index in [4.69, 9.17) is 0 Å². The van der Waals surface area contributed by atoms with Crippen LogP contribution < -0.4 is 5.32 Å². The van der Waals surface area contributed by atoms with E-state index >= 15 is 0 Å². The first kappa shape index (κ1) is 8.57. The van der Waals surface area contributed by atoms with E-state index in [0.717, 1.165) is 6.42 Å². The first-order valence-corrected chi connectivity index (χ1v) is 5.61. The summed E-state index contributed by atoms with van der Waals surface area (Å²) in [6.07, 6.45) is 9.48. The molecule has 0 fully saturated rings. The van der Waals surface area contributed by atoms with Gasteiger partial charge in [-0.25, -0.2) is 0 Å². The second-order valence-corrected chi connectivity index (χ2v) is 4.97. The summed E-state index contributed by atoms with van der Waals surface area (Å²) in [6.45, 7) is 0. The van der Waals surface area contributed by atoms with E-state index in [1.807, 2.05) is 12.3 Å². The fraction of sp³-hybridized carbons (Fsp3) is 0.333. The third-order valence-corrected chi connectivity index (χ3v) is 3.51. The Hall–Kier alpha value is -0.0200. The minimum atomic E-state index is 0.378. The second kappa shape index (κ2) is 3.38. The maximum absolute atomic E-state index is 3.62. The zero-order valence-corrected chi connectivity index (χ0v) is 9.60. The monoisotopic (exact) mass is 289 g/mol. The van der Waals surface area contributed by atoms with Crippen LogP contribution in [-0.2, 0) is 0 Å². The molecule has 1 aliphatic carbocycles.